The Kier molecular flexibility index (Phi) is 7.02. The summed E-state index contributed by atoms with van der Waals surface area (Å²) in [6, 6.07) is 11.0. The monoisotopic (exact) mass is 421 g/mol. The molecule has 2 nitrogen and oxygen atoms in total. The summed E-state index contributed by atoms with van der Waals surface area (Å²) < 4.78 is 8.12. The summed E-state index contributed by atoms with van der Waals surface area (Å²) in [5, 5.41) is 1.30. The zero-order valence-corrected chi connectivity index (χ0v) is 18.6. The van der Waals surface area contributed by atoms with E-state index in [9.17, 15) is 0 Å². The molecule has 0 bridgehead atoms. The van der Waals surface area contributed by atoms with E-state index >= 15 is 0 Å². The molecular weight excluding hydrogens is 385 g/mol. The second-order valence-electron chi connectivity index (χ2n) is 8.48. The standard InChI is InChI=1S/C23H35NOSe/c1-5-10-22-24(15-9-16-26-19-11-7-6-8-12-19)23(3,4)20-14-13-18(2)17-21(20)25-22/h5-8,10-12,18,20-22H,9,13-17H2,1-4H3/b10-5+/t18-,20-,21-,22+/m1/s1. The molecule has 1 heterocycles. The second-order valence-corrected chi connectivity index (χ2v) is 10.9. The Bertz CT molecular complexity index is 585. The van der Waals surface area contributed by atoms with E-state index in [1.165, 1.54) is 35.5 Å². The van der Waals surface area contributed by atoms with Gasteiger partial charge in [0.1, 0.15) is 0 Å². The van der Waals surface area contributed by atoms with Gasteiger partial charge in [-0.15, -0.1) is 0 Å². The van der Waals surface area contributed by atoms with Gasteiger partial charge in [0.05, 0.1) is 0 Å². The Morgan fingerprint density at radius 2 is 2.00 bits per heavy atom. The number of ether oxygens (including phenoxy) is 1. The van der Waals surface area contributed by atoms with E-state index in [-0.39, 0.29) is 11.8 Å². The van der Waals surface area contributed by atoms with Crippen molar-refractivity contribution in [3.05, 3.63) is 42.5 Å². The number of fused-ring (bicyclic) bond motifs is 1. The van der Waals surface area contributed by atoms with Gasteiger partial charge in [0.15, 0.2) is 0 Å². The number of rotatable bonds is 6. The Morgan fingerprint density at radius 1 is 1.23 bits per heavy atom. The van der Waals surface area contributed by atoms with Crippen molar-refractivity contribution in [1.29, 1.82) is 0 Å². The first-order valence-corrected chi connectivity index (χ1v) is 12.3. The Balaban J connectivity index is 1.63. The van der Waals surface area contributed by atoms with Gasteiger partial charge in [0.2, 0.25) is 0 Å². The van der Waals surface area contributed by atoms with E-state index in [1.807, 2.05) is 0 Å². The molecule has 2 fully saturated rings. The van der Waals surface area contributed by atoms with Crippen molar-refractivity contribution < 1.29 is 4.74 Å². The van der Waals surface area contributed by atoms with Crippen LogP contribution in [-0.2, 0) is 4.74 Å². The minimum absolute atomic E-state index is 0.144. The van der Waals surface area contributed by atoms with Crippen LogP contribution in [0.5, 0.6) is 0 Å². The minimum atomic E-state index is 0.144. The van der Waals surface area contributed by atoms with Gasteiger partial charge in [-0.2, -0.15) is 0 Å². The SMILES string of the molecule is C/C=C/[C@@H]1O[C@@H]2C[C@H](C)CC[C@H]2C(C)(C)N1CCC[Se]c1ccccc1. The summed E-state index contributed by atoms with van der Waals surface area (Å²) in [6.45, 7) is 10.6. The molecule has 26 heavy (non-hydrogen) atoms. The molecule has 1 aliphatic heterocycles. The zero-order chi connectivity index (χ0) is 18.6. The van der Waals surface area contributed by atoms with Crippen LogP contribution in [-0.4, -0.2) is 44.3 Å². The Morgan fingerprint density at radius 3 is 2.73 bits per heavy atom. The van der Waals surface area contributed by atoms with Gasteiger partial charge in [-0.3, -0.25) is 0 Å². The number of nitrogens with zero attached hydrogens (tertiary/aromatic N) is 1. The normalized spacial score (nSPS) is 31.8. The predicted molar refractivity (Wildman–Crippen MR) is 112 cm³/mol. The zero-order valence-electron chi connectivity index (χ0n) is 16.9. The number of hydrogen-bond donors (Lipinski definition) is 0. The van der Waals surface area contributed by atoms with Gasteiger partial charge in [0.25, 0.3) is 0 Å². The quantitative estimate of drug-likeness (QED) is 0.378. The van der Waals surface area contributed by atoms with Gasteiger partial charge in [0, 0.05) is 0 Å². The van der Waals surface area contributed by atoms with Crippen molar-refractivity contribution in [3.63, 3.8) is 0 Å². The Hall–Kier alpha value is -0.601. The predicted octanol–water partition coefficient (Wildman–Crippen LogP) is 4.64. The van der Waals surface area contributed by atoms with Gasteiger partial charge in [-0.1, -0.05) is 0 Å². The van der Waals surface area contributed by atoms with E-state index in [1.54, 1.807) is 0 Å². The van der Waals surface area contributed by atoms with Crippen molar-refractivity contribution in [1.82, 2.24) is 4.90 Å². The third kappa shape index (κ3) is 4.62. The molecule has 1 saturated heterocycles. The first kappa shape index (κ1) is 20.1. The van der Waals surface area contributed by atoms with Gasteiger partial charge in [-0.05, 0) is 0 Å². The summed E-state index contributed by atoms with van der Waals surface area (Å²) in [5.41, 5.74) is 0.215. The van der Waals surface area contributed by atoms with Crippen LogP contribution in [0, 0.1) is 11.8 Å². The molecule has 0 unspecified atom stereocenters. The molecule has 3 rings (SSSR count). The molecule has 0 spiro atoms. The van der Waals surface area contributed by atoms with Crippen LogP contribution in [0.1, 0.15) is 53.4 Å². The van der Waals surface area contributed by atoms with E-state index in [2.05, 4.69) is 75.1 Å². The van der Waals surface area contributed by atoms with E-state index in [0.717, 1.165) is 12.5 Å². The van der Waals surface area contributed by atoms with Crippen molar-refractivity contribution >= 4 is 19.4 Å². The maximum atomic E-state index is 6.61. The molecule has 2 aliphatic rings. The molecule has 4 atom stereocenters. The molecule has 1 aromatic carbocycles. The first-order valence-electron chi connectivity index (χ1n) is 10.2. The third-order valence-corrected chi connectivity index (χ3v) is 8.54. The van der Waals surface area contributed by atoms with Gasteiger partial charge >= 0.3 is 166 Å². The van der Waals surface area contributed by atoms with Crippen LogP contribution in [0.2, 0.25) is 5.32 Å². The second kappa shape index (κ2) is 9.06. The van der Waals surface area contributed by atoms with Crippen molar-refractivity contribution in [2.45, 2.75) is 76.6 Å². The maximum absolute atomic E-state index is 6.61. The molecule has 1 aliphatic carbocycles. The van der Waals surface area contributed by atoms with Crippen LogP contribution in [0.4, 0.5) is 0 Å². The fourth-order valence-corrected chi connectivity index (χ4v) is 6.55. The first-order chi connectivity index (χ1) is 12.5. The molecule has 1 aromatic rings. The molecule has 0 radical (unpaired) electrons. The summed E-state index contributed by atoms with van der Waals surface area (Å²) >= 11 is 0.584. The molecule has 0 aromatic heterocycles. The van der Waals surface area contributed by atoms with Gasteiger partial charge < -0.3 is 0 Å². The van der Waals surface area contributed by atoms with Crippen LogP contribution in [0.3, 0.4) is 0 Å². The Labute approximate surface area is 166 Å². The number of allylic oxidation sites excluding steroid dienone is 1. The van der Waals surface area contributed by atoms with Crippen molar-refractivity contribution in [2.24, 2.45) is 11.8 Å². The molecule has 0 amide bonds. The fraction of sp³-hybridized carbons (Fsp3) is 0.652. The van der Waals surface area contributed by atoms with Crippen molar-refractivity contribution in [3.8, 4) is 0 Å². The third-order valence-electron chi connectivity index (χ3n) is 6.24. The van der Waals surface area contributed by atoms with Gasteiger partial charge in [-0.25, -0.2) is 0 Å². The van der Waals surface area contributed by atoms with Crippen molar-refractivity contribution in [2.75, 3.05) is 6.54 Å². The average molecular weight is 420 g/mol. The number of hydrogen-bond acceptors (Lipinski definition) is 2. The summed E-state index contributed by atoms with van der Waals surface area (Å²) in [6.07, 6.45) is 10.1. The van der Waals surface area contributed by atoms with Crippen LogP contribution >= 0.6 is 0 Å². The average Bonchev–Trinajstić information content (AvgIpc) is 2.61. The molecule has 0 N–H and O–H groups in total. The summed E-state index contributed by atoms with van der Waals surface area (Å²) in [5.74, 6) is 1.47. The van der Waals surface area contributed by atoms with E-state index in [0.29, 0.717) is 27.0 Å². The summed E-state index contributed by atoms with van der Waals surface area (Å²) in [7, 11) is 0. The van der Waals surface area contributed by atoms with Crippen LogP contribution in [0.15, 0.2) is 42.5 Å². The molecule has 144 valence electrons. The topological polar surface area (TPSA) is 12.5 Å². The summed E-state index contributed by atoms with van der Waals surface area (Å²) in [4.78, 5) is 2.64. The van der Waals surface area contributed by atoms with E-state index in [4.69, 9.17) is 4.74 Å². The molecule has 1 saturated carbocycles. The molecular formula is C23H35NOSe. The molecule has 3 heteroatoms. The van der Waals surface area contributed by atoms with Crippen LogP contribution in [0.25, 0.3) is 0 Å². The van der Waals surface area contributed by atoms with E-state index < -0.39 is 0 Å². The van der Waals surface area contributed by atoms with Crippen LogP contribution < -0.4 is 4.46 Å². The fourth-order valence-electron chi connectivity index (χ4n) is 4.75. The number of benzene rings is 1.